The molecule has 0 radical (unpaired) electrons. The first-order valence-electron chi connectivity index (χ1n) is 5.05. The van der Waals surface area contributed by atoms with Crippen LogP contribution in [0.4, 0.5) is 0 Å². The Balaban J connectivity index is 2.76. The van der Waals surface area contributed by atoms with E-state index in [9.17, 15) is 0 Å². The van der Waals surface area contributed by atoms with Gasteiger partial charge in [0.05, 0.1) is 15.1 Å². The number of hydrogen-bond acceptors (Lipinski definition) is 2. The van der Waals surface area contributed by atoms with Crippen molar-refractivity contribution in [2.75, 3.05) is 13.2 Å². The zero-order valence-corrected chi connectivity index (χ0v) is 11.2. The molecule has 0 amide bonds. The van der Waals surface area contributed by atoms with Gasteiger partial charge in [-0.25, -0.2) is 0 Å². The molecule has 0 aliphatic rings. The van der Waals surface area contributed by atoms with Crippen LogP contribution in [-0.2, 0) is 0 Å². The summed E-state index contributed by atoms with van der Waals surface area (Å²) in [6.45, 7) is 2.89. The van der Waals surface area contributed by atoms with E-state index in [1.807, 2.05) is 13.0 Å². The molecule has 0 aliphatic heterocycles. The molecule has 0 aliphatic carbocycles. The predicted octanol–water partition coefficient (Wildman–Crippen LogP) is 3.68. The minimum absolute atomic E-state index is 0.0776. The molecule has 0 aromatic heterocycles. The van der Waals surface area contributed by atoms with E-state index < -0.39 is 0 Å². The van der Waals surface area contributed by atoms with Crippen LogP contribution < -0.4 is 5.32 Å². The number of nitrogens with one attached hydrogen (secondary N) is 1. The summed E-state index contributed by atoms with van der Waals surface area (Å²) >= 11 is 17.9. The number of benzene rings is 1. The molecule has 0 heterocycles. The highest BCUT2D eigenvalue weighted by Crippen LogP contribution is 2.35. The van der Waals surface area contributed by atoms with Gasteiger partial charge >= 0.3 is 0 Å². The van der Waals surface area contributed by atoms with Crippen LogP contribution in [0.15, 0.2) is 12.1 Å². The van der Waals surface area contributed by atoms with E-state index in [1.54, 1.807) is 6.07 Å². The second-order valence-corrected chi connectivity index (χ2v) is 4.68. The van der Waals surface area contributed by atoms with E-state index in [0.29, 0.717) is 21.5 Å². The van der Waals surface area contributed by atoms with Crippen molar-refractivity contribution in [3.05, 3.63) is 32.8 Å². The maximum absolute atomic E-state index is 8.68. The number of rotatable bonds is 5. The van der Waals surface area contributed by atoms with E-state index in [2.05, 4.69) is 5.32 Å². The van der Waals surface area contributed by atoms with Gasteiger partial charge in [0.25, 0.3) is 0 Å². The quantitative estimate of drug-likeness (QED) is 0.638. The monoisotopic (exact) mass is 281 g/mol. The topological polar surface area (TPSA) is 32.3 Å². The first kappa shape index (κ1) is 14.1. The minimum Gasteiger partial charge on any atom is -0.396 e. The normalized spacial score (nSPS) is 12.8. The molecular weight excluding hydrogens is 268 g/mol. The maximum atomic E-state index is 8.68. The lowest BCUT2D eigenvalue weighted by Gasteiger charge is -2.16. The molecule has 0 fully saturated rings. The van der Waals surface area contributed by atoms with E-state index in [0.717, 1.165) is 12.1 Å². The Morgan fingerprint density at radius 2 is 1.94 bits per heavy atom. The van der Waals surface area contributed by atoms with Crippen molar-refractivity contribution in [2.45, 2.75) is 19.4 Å². The Morgan fingerprint density at radius 1 is 1.25 bits per heavy atom. The fourth-order valence-electron chi connectivity index (χ4n) is 1.38. The molecule has 5 heteroatoms. The summed E-state index contributed by atoms with van der Waals surface area (Å²) in [5, 5.41) is 13.2. The van der Waals surface area contributed by atoms with Gasteiger partial charge in [0, 0.05) is 12.6 Å². The number of hydrogen-bond donors (Lipinski definition) is 2. The van der Waals surface area contributed by atoms with E-state index in [4.69, 9.17) is 39.9 Å². The number of aliphatic hydroxyl groups is 1. The Labute approximate surface area is 111 Å². The summed E-state index contributed by atoms with van der Waals surface area (Å²) in [5.74, 6) is 0. The second kappa shape index (κ2) is 6.67. The molecule has 0 saturated heterocycles. The van der Waals surface area contributed by atoms with Gasteiger partial charge in [0.2, 0.25) is 0 Å². The van der Waals surface area contributed by atoms with Crippen LogP contribution in [0, 0.1) is 0 Å². The highest BCUT2D eigenvalue weighted by Gasteiger charge is 2.13. The smallest absolute Gasteiger partial charge is 0.0781 e. The molecule has 90 valence electrons. The maximum Gasteiger partial charge on any atom is 0.0781 e. The molecule has 1 unspecified atom stereocenters. The van der Waals surface area contributed by atoms with Crippen LogP contribution in [0.25, 0.3) is 0 Å². The molecule has 2 nitrogen and oxygen atoms in total. The number of halogens is 3. The molecule has 1 atom stereocenters. The zero-order chi connectivity index (χ0) is 12.1. The summed E-state index contributed by atoms with van der Waals surface area (Å²) in [6.07, 6.45) is 0.712. The third kappa shape index (κ3) is 3.51. The van der Waals surface area contributed by atoms with Crippen molar-refractivity contribution in [3.63, 3.8) is 0 Å². The molecule has 16 heavy (non-hydrogen) atoms. The van der Waals surface area contributed by atoms with Crippen LogP contribution in [0.3, 0.4) is 0 Å². The van der Waals surface area contributed by atoms with Crippen LogP contribution in [-0.4, -0.2) is 18.3 Å². The van der Waals surface area contributed by atoms with E-state index in [1.165, 1.54) is 0 Å². The third-order valence-corrected chi connectivity index (χ3v) is 3.63. The standard InChI is InChI=1S/C11H14Cl3NO/c1-7(15-5-2-6-16)8-3-4-9(12)11(14)10(8)13/h3-4,7,15-16H,2,5-6H2,1H3. The SMILES string of the molecule is CC(NCCCO)c1ccc(Cl)c(Cl)c1Cl. The first-order valence-corrected chi connectivity index (χ1v) is 6.19. The lowest BCUT2D eigenvalue weighted by molar-refractivity contribution is 0.284. The average molecular weight is 283 g/mol. The first-order chi connectivity index (χ1) is 7.57. The van der Waals surface area contributed by atoms with Gasteiger partial charge in [0.1, 0.15) is 0 Å². The fraction of sp³-hybridized carbons (Fsp3) is 0.455. The molecule has 0 bridgehead atoms. The van der Waals surface area contributed by atoms with Crippen molar-refractivity contribution in [1.82, 2.24) is 5.32 Å². The second-order valence-electron chi connectivity index (χ2n) is 3.52. The van der Waals surface area contributed by atoms with Gasteiger partial charge in [-0.05, 0) is 31.5 Å². The fourth-order valence-corrected chi connectivity index (χ4v) is 2.09. The number of aliphatic hydroxyl groups excluding tert-OH is 1. The Bertz CT molecular complexity index is 357. The van der Waals surface area contributed by atoms with E-state index >= 15 is 0 Å². The predicted molar refractivity (Wildman–Crippen MR) is 69.6 cm³/mol. The van der Waals surface area contributed by atoms with Crippen molar-refractivity contribution in [2.24, 2.45) is 0 Å². The Kier molecular flexibility index (Phi) is 5.87. The van der Waals surface area contributed by atoms with Crippen LogP contribution in [0.1, 0.15) is 24.9 Å². The third-order valence-electron chi connectivity index (χ3n) is 2.32. The molecule has 0 saturated carbocycles. The summed E-state index contributed by atoms with van der Waals surface area (Å²) in [5.41, 5.74) is 0.911. The van der Waals surface area contributed by atoms with Crippen molar-refractivity contribution < 1.29 is 5.11 Å². The van der Waals surface area contributed by atoms with Gasteiger partial charge in [-0.3, -0.25) is 0 Å². The molecule has 1 rings (SSSR count). The largest absolute Gasteiger partial charge is 0.396 e. The highest BCUT2D eigenvalue weighted by molar-refractivity contribution is 6.48. The van der Waals surface area contributed by atoms with Gasteiger partial charge in [-0.2, -0.15) is 0 Å². The molecule has 2 N–H and O–H groups in total. The highest BCUT2D eigenvalue weighted by atomic mass is 35.5. The minimum atomic E-state index is 0.0776. The Hall–Kier alpha value is 0.01000. The summed E-state index contributed by atoms with van der Waals surface area (Å²) in [4.78, 5) is 0. The van der Waals surface area contributed by atoms with Gasteiger partial charge in [0.15, 0.2) is 0 Å². The molecule has 1 aromatic carbocycles. The van der Waals surface area contributed by atoms with Gasteiger partial charge in [-0.1, -0.05) is 40.9 Å². The van der Waals surface area contributed by atoms with Crippen molar-refractivity contribution in [1.29, 1.82) is 0 Å². The summed E-state index contributed by atoms with van der Waals surface area (Å²) < 4.78 is 0. The van der Waals surface area contributed by atoms with Crippen molar-refractivity contribution >= 4 is 34.8 Å². The summed E-state index contributed by atoms with van der Waals surface area (Å²) in [6, 6.07) is 3.66. The molecular formula is C11H14Cl3NO. The van der Waals surface area contributed by atoms with Gasteiger partial charge < -0.3 is 10.4 Å². The van der Waals surface area contributed by atoms with E-state index in [-0.39, 0.29) is 12.6 Å². The average Bonchev–Trinajstić information content (AvgIpc) is 2.26. The van der Waals surface area contributed by atoms with Crippen molar-refractivity contribution in [3.8, 4) is 0 Å². The zero-order valence-electron chi connectivity index (χ0n) is 8.93. The molecule has 1 aromatic rings. The van der Waals surface area contributed by atoms with Crippen LogP contribution in [0.2, 0.25) is 15.1 Å². The van der Waals surface area contributed by atoms with Crippen LogP contribution in [0.5, 0.6) is 0 Å². The summed E-state index contributed by atoms with van der Waals surface area (Å²) in [7, 11) is 0. The van der Waals surface area contributed by atoms with Crippen LogP contribution >= 0.6 is 34.8 Å². The molecule has 0 spiro atoms. The lowest BCUT2D eigenvalue weighted by Crippen LogP contribution is -2.20. The Morgan fingerprint density at radius 3 is 2.56 bits per heavy atom. The van der Waals surface area contributed by atoms with Gasteiger partial charge in [-0.15, -0.1) is 0 Å². The lowest BCUT2D eigenvalue weighted by atomic mass is 10.1.